The van der Waals surface area contributed by atoms with Crippen LogP contribution in [0.1, 0.15) is 17.1 Å². The highest BCUT2D eigenvalue weighted by atomic mass is 32.1. The summed E-state index contributed by atoms with van der Waals surface area (Å²) in [6.45, 7) is 0. The summed E-state index contributed by atoms with van der Waals surface area (Å²) in [6, 6.07) is -4.56. The third kappa shape index (κ3) is 8.18. The van der Waals surface area contributed by atoms with Gasteiger partial charge in [-0.05, 0) is 0 Å². The van der Waals surface area contributed by atoms with Gasteiger partial charge in [0.15, 0.2) is 0 Å². The Hall–Kier alpha value is -4.18. The van der Waals surface area contributed by atoms with E-state index in [1.54, 1.807) is 0 Å². The van der Waals surface area contributed by atoms with E-state index < -0.39 is 47.9 Å². The second-order valence-corrected chi connectivity index (χ2v) is 8.52. The Kier molecular flexibility index (Phi) is 9.79. The molecule has 3 aromatic rings. The normalized spacial score (nSPS) is 14.2. The molecule has 4 atom stereocenters. The number of hydrogen-bond donors (Lipinski definition) is 9. The Labute approximate surface area is 216 Å². The lowest BCUT2D eigenvalue weighted by Crippen LogP contribution is -2.58. The standard InChI is InChI=1S/C21H28N10O5S/c22-14(7-37)18(32)29-15(1-11-4-23-8-26-11)19(33)30-16(2-12-5-24-9-27-12)20(34)31-17(21(35)36)3-13-6-25-10-28-13/h4-6,8-10,14-17,37H,1-3,7,22H2,(H,23,26)(H,24,27)(H,25,28)(H,29,32)(H,30,33)(H,31,34)(H,35,36)/t14-,15-,16-,17-/m0/s1. The lowest BCUT2D eigenvalue weighted by Gasteiger charge is -2.24. The molecule has 0 aromatic carbocycles. The number of nitrogens with one attached hydrogen (secondary N) is 6. The average Bonchev–Trinajstić information content (AvgIpc) is 3.66. The summed E-state index contributed by atoms with van der Waals surface area (Å²) < 4.78 is 0. The van der Waals surface area contributed by atoms with E-state index >= 15 is 0 Å². The van der Waals surface area contributed by atoms with E-state index in [0.29, 0.717) is 17.1 Å². The fraction of sp³-hybridized carbons (Fsp3) is 0.381. The van der Waals surface area contributed by atoms with Crippen molar-refractivity contribution in [1.29, 1.82) is 0 Å². The van der Waals surface area contributed by atoms with Crippen LogP contribution in [-0.4, -0.2) is 88.6 Å². The van der Waals surface area contributed by atoms with Gasteiger partial charge in [-0.15, -0.1) is 0 Å². The van der Waals surface area contributed by atoms with Crippen molar-refractivity contribution in [3.05, 3.63) is 54.7 Å². The quantitative estimate of drug-likeness (QED) is 0.101. The van der Waals surface area contributed by atoms with Crippen LogP contribution in [0.5, 0.6) is 0 Å². The number of aliphatic carboxylic acids is 1. The van der Waals surface area contributed by atoms with E-state index in [4.69, 9.17) is 5.73 Å². The summed E-state index contributed by atoms with van der Waals surface area (Å²) in [5.74, 6) is -3.24. The molecule has 3 heterocycles. The van der Waals surface area contributed by atoms with Gasteiger partial charge in [-0.1, -0.05) is 0 Å². The summed E-state index contributed by atoms with van der Waals surface area (Å²) in [7, 11) is 0. The van der Waals surface area contributed by atoms with Crippen LogP contribution in [0, 0.1) is 0 Å². The summed E-state index contributed by atoms with van der Waals surface area (Å²) in [4.78, 5) is 70.8. The van der Waals surface area contributed by atoms with Crippen molar-refractivity contribution in [1.82, 2.24) is 45.9 Å². The molecule has 3 amide bonds. The van der Waals surface area contributed by atoms with E-state index in [2.05, 4.69) is 58.5 Å². The first-order chi connectivity index (χ1) is 17.8. The number of H-pyrrole nitrogens is 3. The zero-order valence-electron chi connectivity index (χ0n) is 19.5. The van der Waals surface area contributed by atoms with Crippen molar-refractivity contribution >= 4 is 36.3 Å². The number of thiol groups is 1. The van der Waals surface area contributed by atoms with Crippen molar-refractivity contribution in [3.63, 3.8) is 0 Å². The summed E-state index contributed by atoms with van der Waals surface area (Å²) in [6.07, 6.45) is 8.60. The fourth-order valence-corrected chi connectivity index (χ4v) is 3.54. The van der Waals surface area contributed by atoms with Crippen LogP contribution in [0.4, 0.5) is 0 Å². The smallest absolute Gasteiger partial charge is 0.326 e. The number of rotatable bonds is 14. The molecule has 0 aliphatic heterocycles. The van der Waals surface area contributed by atoms with E-state index in [-0.39, 0.29) is 25.0 Å². The predicted molar refractivity (Wildman–Crippen MR) is 132 cm³/mol. The Bertz CT molecular complexity index is 1150. The maximum Gasteiger partial charge on any atom is 0.326 e. The fourth-order valence-electron chi connectivity index (χ4n) is 3.37. The first-order valence-corrected chi connectivity index (χ1v) is 11.8. The predicted octanol–water partition coefficient (Wildman–Crippen LogP) is -2.32. The van der Waals surface area contributed by atoms with Crippen molar-refractivity contribution in [2.75, 3.05) is 5.75 Å². The average molecular weight is 533 g/mol. The largest absolute Gasteiger partial charge is 0.480 e. The van der Waals surface area contributed by atoms with Gasteiger partial charge in [0.1, 0.15) is 18.1 Å². The molecule has 0 fully saturated rings. The van der Waals surface area contributed by atoms with Gasteiger partial charge in [-0.2, -0.15) is 12.6 Å². The SMILES string of the molecule is N[C@@H](CS)C(=O)N[C@@H](Cc1cnc[nH]1)C(=O)N[C@@H](Cc1cnc[nH]1)C(=O)N[C@@H](Cc1cnc[nH]1)C(=O)O. The zero-order chi connectivity index (χ0) is 26.8. The lowest BCUT2D eigenvalue weighted by molar-refractivity contribution is -0.142. The molecular formula is C21H28N10O5S. The van der Waals surface area contributed by atoms with Crippen LogP contribution in [0.2, 0.25) is 0 Å². The second kappa shape index (κ2) is 13.2. The molecule has 37 heavy (non-hydrogen) atoms. The monoisotopic (exact) mass is 532 g/mol. The number of nitrogens with zero attached hydrogens (tertiary/aromatic N) is 3. The first-order valence-electron chi connectivity index (χ1n) is 11.2. The summed E-state index contributed by atoms with van der Waals surface area (Å²) in [5, 5.41) is 17.3. The van der Waals surface area contributed by atoms with Gasteiger partial charge in [0.05, 0.1) is 25.0 Å². The maximum atomic E-state index is 13.3. The van der Waals surface area contributed by atoms with Crippen molar-refractivity contribution < 1.29 is 24.3 Å². The second-order valence-electron chi connectivity index (χ2n) is 8.15. The van der Waals surface area contributed by atoms with E-state index in [9.17, 15) is 24.3 Å². The number of carboxylic acid groups (broad SMARTS) is 1. The number of amides is 3. The lowest BCUT2D eigenvalue weighted by atomic mass is 10.1. The maximum absolute atomic E-state index is 13.3. The Morgan fingerprint density at radius 2 is 1.14 bits per heavy atom. The Morgan fingerprint density at radius 3 is 1.49 bits per heavy atom. The molecule has 0 radical (unpaired) electrons. The van der Waals surface area contributed by atoms with Crippen LogP contribution in [0.25, 0.3) is 0 Å². The Balaban J connectivity index is 1.78. The van der Waals surface area contributed by atoms with Gasteiger partial charge < -0.3 is 41.7 Å². The molecular weight excluding hydrogens is 504 g/mol. The number of aromatic amines is 3. The van der Waals surface area contributed by atoms with Crippen molar-refractivity contribution in [3.8, 4) is 0 Å². The third-order valence-corrected chi connectivity index (χ3v) is 5.74. The van der Waals surface area contributed by atoms with Gasteiger partial charge in [0, 0.05) is 60.7 Å². The number of carboxylic acids is 1. The number of aromatic nitrogens is 6. The molecule has 15 nitrogen and oxygen atoms in total. The molecule has 0 spiro atoms. The molecule has 3 aromatic heterocycles. The van der Waals surface area contributed by atoms with Gasteiger partial charge in [-0.25, -0.2) is 19.7 Å². The van der Waals surface area contributed by atoms with E-state index in [1.165, 1.54) is 37.6 Å². The minimum atomic E-state index is -1.29. The van der Waals surface area contributed by atoms with Crippen molar-refractivity contribution in [2.24, 2.45) is 5.73 Å². The molecule has 0 aliphatic carbocycles. The molecule has 0 unspecified atom stereocenters. The van der Waals surface area contributed by atoms with Gasteiger partial charge >= 0.3 is 5.97 Å². The minimum absolute atomic E-state index is 0.0190. The van der Waals surface area contributed by atoms with E-state index in [0.717, 1.165) is 0 Å². The molecule has 0 saturated carbocycles. The summed E-state index contributed by atoms with van der Waals surface area (Å²) in [5.41, 5.74) is 7.32. The third-order valence-electron chi connectivity index (χ3n) is 5.35. The van der Waals surface area contributed by atoms with Crippen molar-refractivity contribution in [2.45, 2.75) is 43.4 Å². The van der Waals surface area contributed by atoms with Gasteiger partial charge in [-0.3, -0.25) is 14.4 Å². The molecule has 16 heteroatoms. The first kappa shape index (κ1) is 27.4. The van der Waals surface area contributed by atoms with Crippen LogP contribution in [0.15, 0.2) is 37.6 Å². The van der Waals surface area contributed by atoms with E-state index in [1.807, 2.05) is 0 Å². The molecule has 0 bridgehead atoms. The highest BCUT2D eigenvalue weighted by Crippen LogP contribution is 2.06. The number of carbonyl (C=O) groups is 4. The number of carbonyl (C=O) groups excluding carboxylic acids is 3. The van der Waals surface area contributed by atoms with Gasteiger partial charge in [0.2, 0.25) is 17.7 Å². The molecule has 0 aliphatic rings. The number of nitrogens with two attached hydrogens (primary N) is 1. The number of imidazole rings is 3. The van der Waals surface area contributed by atoms with Crippen LogP contribution < -0.4 is 21.7 Å². The van der Waals surface area contributed by atoms with Crippen LogP contribution in [0.3, 0.4) is 0 Å². The summed E-state index contributed by atoms with van der Waals surface area (Å²) >= 11 is 4.01. The van der Waals surface area contributed by atoms with Crippen LogP contribution >= 0.6 is 12.6 Å². The molecule has 3 rings (SSSR count). The topological polar surface area (TPSA) is 237 Å². The van der Waals surface area contributed by atoms with Gasteiger partial charge in [0.25, 0.3) is 0 Å². The molecule has 0 saturated heterocycles. The highest BCUT2D eigenvalue weighted by Gasteiger charge is 2.31. The minimum Gasteiger partial charge on any atom is -0.480 e. The zero-order valence-corrected chi connectivity index (χ0v) is 20.4. The van der Waals surface area contributed by atoms with Crippen LogP contribution in [-0.2, 0) is 38.4 Å². The number of hydrogen-bond acceptors (Lipinski definition) is 9. The highest BCUT2D eigenvalue weighted by molar-refractivity contribution is 7.80. The molecule has 9 N–H and O–H groups in total. The molecule has 198 valence electrons. The Morgan fingerprint density at radius 1 is 0.757 bits per heavy atom.